The third kappa shape index (κ3) is 4.41. The van der Waals surface area contributed by atoms with Crippen molar-refractivity contribution in [1.29, 1.82) is 0 Å². The van der Waals surface area contributed by atoms with Crippen LogP contribution < -0.4 is 24.4 Å². The minimum Gasteiger partial charge on any atom is -0.493 e. The molecular weight excluding hydrogens is 424 g/mol. The molecule has 2 heterocycles. The van der Waals surface area contributed by atoms with E-state index in [1.807, 2.05) is 32.9 Å². The van der Waals surface area contributed by atoms with Crippen molar-refractivity contribution >= 4 is 29.6 Å². The van der Waals surface area contributed by atoms with Crippen LogP contribution in [0.4, 0.5) is 10.5 Å². The highest BCUT2D eigenvalue weighted by Gasteiger charge is 2.37. The number of nitrogens with one attached hydrogen (secondary N) is 1. The van der Waals surface area contributed by atoms with E-state index >= 15 is 0 Å². The number of rotatable bonds is 6. The third-order valence-corrected chi connectivity index (χ3v) is 5.37. The predicted molar refractivity (Wildman–Crippen MR) is 123 cm³/mol. The molecular formula is C25H26N2O6. The maximum atomic E-state index is 13.2. The summed E-state index contributed by atoms with van der Waals surface area (Å²) in [6, 6.07) is 9.41. The third-order valence-electron chi connectivity index (χ3n) is 5.37. The highest BCUT2D eigenvalue weighted by Crippen LogP contribution is 2.36. The lowest BCUT2D eigenvalue weighted by atomic mass is 9.99. The Morgan fingerprint density at radius 1 is 1.12 bits per heavy atom. The van der Waals surface area contributed by atoms with Crippen LogP contribution in [0.3, 0.4) is 0 Å². The Hall–Kier alpha value is -3.81. The fourth-order valence-corrected chi connectivity index (χ4v) is 3.90. The zero-order valence-corrected chi connectivity index (χ0v) is 19.1. The monoisotopic (exact) mass is 450 g/mol. The molecule has 1 fully saturated rings. The fraction of sp³-hybridized carbons (Fsp3) is 0.320. The molecule has 2 aliphatic rings. The average molecular weight is 450 g/mol. The lowest BCUT2D eigenvalue weighted by Crippen LogP contribution is -2.54. The molecule has 0 saturated carbocycles. The van der Waals surface area contributed by atoms with Crippen LogP contribution in [0.1, 0.15) is 38.3 Å². The van der Waals surface area contributed by atoms with Crippen LogP contribution in [0.15, 0.2) is 42.0 Å². The molecule has 172 valence electrons. The van der Waals surface area contributed by atoms with E-state index in [4.69, 9.17) is 14.2 Å². The fourth-order valence-electron chi connectivity index (χ4n) is 3.90. The number of carbonyl (C=O) groups excluding carboxylic acids is 3. The normalized spacial score (nSPS) is 18.1. The van der Waals surface area contributed by atoms with Crippen molar-refractivity contribution in [2.75, 3.05) is 18.6 Å². The van der Waals surface area contributed by atoms with Gasteiger partial charge in [-0.15, -0.1) is 0 Å². The Morgan fingerprint density at radius 2 is 1.91 bits per heavy atom. The first-order valence-corrected chi connectivity index (χ1v) is 10.8. The summed E-state index contributed by atoms with van der Waals surface area (Å²) >= 11 is 0. The number of urea groups is 1. The van der Waals surface area contributed by atoms with Crippen LogP contribution in [0.2, 0.25) is 0 Å². The summed E-state index contributed by atoms with van der Waals surface area (Å²) in [7, 11) is 1.48. The summed E-state index contributed by atoms with van der Waals surface area (Å²) in [5.41, 5.74) is 1.49. The number of barbiturate groups is 1. The maximum Gasteiger partial charge on any atom is 0.335 e. The summed E-state index contributed by atoms with van der Waals surface area (Å²) in [6.07, 6.45) is 3.02. The summed E-state index contributed by atoms with van der Waals surface area (Å²) in [5, 5.41) is 2.24. The van der Waals surface area contributed by atoms with Crippen molar-refractivity contribution < 1.29 is 28.6 Å². The van der Waals surface area contributed by atoms with E-state index in [1.165, 1.54) is 19.3 Å². The van der Waals surface area contributed by atoms with Gasteiger partial charge in [-0.2, -0.15) is 0 Å². The lowest BCUT2D eigenvalue weighted by Gasteiger charge is -2.27. The van der Waals surface area contributed by atoms with Crippen molar-refractivity contribution in [3.05, 3.63) is 53.1 Å². The van der Waals surface area contributed by atoms with E-state index < -0.39 is 17.8 Å². The minimum atomic E-state index is -0.824. The van der Waals surface area contributed by atoms with E-state index in [2.05, 4.69) is 5.32 Å². The SMILES string of the molecule is CCCOc1ccc(N2C(=O)NC(=O)/C(=C/c3ccc4c(c3)CC(C)(C)O4)C2=O)cc1OC. The second-order valence-corrected chi connectivity index (χ2v) is 8.55. The van der Waals surface area contributed by atoms with Gasteiger partial charge in [0, 0.05) is 12.5 Å². The summed E-state index contributed by atoms with van der Waals surface area (Å²) in [6.45, 7) is 6.49. The molecule has 2 aromatic rings. The number of hydrogen-bond acceptors (Lipinski definition) is 6. The summed E-state index contributed by atoms with van der Waals surface area (Å²) < 4.78 is 16.9. The summed E-state index contributed by atoms with van der Waals surface area (Å²) in [4.78, 5) is 39.2. The molecule has 0 atom stereocenters. The standard InChI is InChI=1S/C25H26N2O6/c1-5-10-32-20-9-7-17(13-21(20)31-4)27-23(29)18(22(28)26-24(27)30)12-15-6-8-19-16(11-15)14-25(2,3)33-19/h6-9,11-13H,5,10,14H2,1-4H3,(H,26,28,30)/b18-12-. The van der Waals surface area contributed by atoms with Gasteiger partial charge in [-0.05, 0) is 61.7 Å². The zero-order valence-electron chi connectivity index (χ0n) is 19.1. The number of nitrogens with zero attached hydrogens (tertiary/aromatic N) is 1. The van der Waals surface area contributed by atoms with E-state index in [0.717, 1.165) is 29.1 Å². The van der Waals surface area contributed by atoms with Gasteiger partial charge in [-0.1, -0.05) is 13.0 Å². The number of anilines is 1. The van der Waals surface area contributed by atoms with Gasteiger partial charge in [0.15, 0.2) is 11.5 Å². The number of benzene rings is 2. The van der Waals surface area contributed by atoms with Crippen molar-refractivity contribution in [2.45, 2.75) is 39.2 Å². The highest BCUT2D eigenvalue weighted by molar-refractivity contribution is 6.39. The van der Waals surface area contributed by atoms with Gasteiger partial charge in [0.05, 0.1) is 19.4 Å². The molecule has 8 heteroatoms. The minimum absolute atomic E-state index is 0.141. The molecule has 0 aliphatic carbocycles. The van der Waals surface area contributed by atoms with Gasteiger partial charge in [0.25, 0.3) is 11.8 Å². The van der Waals surface area contributed by atoms with Crippen molar-refractivity contribution in [1.82, 2.24) is 5.32 Å². The van der Waals surface area contributed by atoms with Gasteiger partial charge in [-0.25, -0.2) is 9.69 Å². The van der Waals surface area contributed by atoms with Crippen LogP contribution >= 0.6 is 0 Å². The molecule has 0 spiro atoms. The number of hydrogen-bond donors (Lipinski definition) is 1. The van der Waals surface area contributed by atoms with Crippen molar-refractivity contribution in [3.8, 4) is 17.2 Å². The number of fused-ring (bicyclic) bond motifs is 1. The summed E-state index contributed by atoms with van der Waals surface area (Å²) in [5.74, 6) is 0.211. The molecule has 0 unspecified atom stereocenters. The molecule has 1 saturated heterocycles. The Kier molecular flexibility index (Phi) is 5.84. The Balaban J connectivity index is 1.66. The van der Waals surface area contributed by atoms with E-state index in [9.17, 15) is 14.4 Å². The largest absolute Gasteiger partial charge is 0.493 e. The first-order chi connectivity index (χ1) is 15.7. The first kappa shape index (κ1) is 22.4. The molecule has 4 amide bonds. The maximum absolute atomic E-state index is 13.2. The van der Waals surface area contributed by atoms with Crippen molar-refractivity contribution in [3.63, 3.8) is 0 Å². The lowest BCUT2D eigenvalue weighted by molar-refractivity contribution is -0.122. The van der Waals surface area contributed by atoms with Crippen LogP contribution in [-0.4, -0.2) is 37.2 Å². The van der Waals surface area contributed by atoms with Crippen molar-refractivity contribution in [2.24, 2.45) is 0 Å². The molecule has 8 nitrogen and oxygen atoms in total. The van der Waals surface area contributed by atoms with Gasteiger partial charge in [0.2, 0.25) is 0 Å². The zero-order chi connectivity index (χ0) is 23.8. The van der Waals surface area contributed by atoms with Gasteiger partial charge in [0.1, 0.15) is 16.9 Å². The average Bonchev–Trinajstić information content (AvgIpc) is 3.08. The number of imide groups is 2. The second kappa shape index (κ2) is 8.61. The number of ether oxygens (including phenoxy) is 3. The van der Waals surface area contributed by atoms with Crippen LogP contribution in [0.5, 0.6) is 17.2 Å². The molecule has 1 N–H and O–H groups in total. The van der Waals surface area contributed by atoms with Crippen LogP contribution in [0, 0.1) is 0 Å². The van der Waals surface area contributed by atoms with Gasteiger partial charge < -0.3 is 14.2 Å². The van der Waals surface area contributed by atoms with Gasteiger partial charge in [-0.3, -0.25) is 14.9 Å². The smallest absolute Gasteiger partial charge is 0.335 e. The molecule has 4 rings (SSSR count). The molecule has 33 heavy (non-hydrogen) atoms. The highest BCUT2D eigenvalue weighted by atomic mass is 16.5. The predicted octanol–water partition coefficient (Wildman–Crippen LogP) is 3.86. The first-order valence-electron chi connectivity index (χ1n) is 10.8. The topological polar surface area (TPSA) is 94.2 Å². The van der Waals surface area contributed by atoms with E-state index in [1.54, 1.807) is 18.2 Å². The Morgan fingerprint density at radius 3 is 2.64 bits per heavy atom. The number of carbonyl (C=O) groups is 3. The Labute approximate surface area is 192 Å². The van der Waals surface area contributed by atoms with Gasteiger partial charge >= 0.3 is 6.03 Å². The van der Waals surface area contributed by atoms with E-state index in [0.29, 0.717) is 23.7 Å². The number of amides is 4. The molecule has 0 radical (unpaired) electrons. The molecule has 2 aromatic carbocycles. The van der Waals surface area contributed by atoms with Crippen LogP contribution in [0.25, 0.3) is 6.08 Å². The molecule has 2 aliphatic heterocycles. The van der Waals surface area contributed by atoms with Crippen LogP contribution in [-0.2, 0) is 16.0 Å². The quantitative estimate of drug-likeness (QED) is 0.531. The van der Waals surface area contributed by atoms with E-state index in [-0.39, 0.29) is 16.9 Å². The second-order valence-electron chi connectivity index (χ2n) is 8.55. The Bertz CT molecular complexity index is 1170. The molecule has 0 bridgehead atoms. The number of methoxy groups -OCH3 is 1. The molecule has 0 aromatic heterocycles.